The van der Waals surface area contributed by atoms with Crippen molar-refractivity contribution in [3.8, 4) is 0 Å². The molecule has 1 N–H and O–H groups in total. The van der Waals surface area contributed by atoms with Gasteiger partial charge in [0, 0.05) is 18.3 Å². The van der Waals surface area contributed by atoms with Crippen molar-refractivity contribution in [1.82, 2.24) is 5.32 Å². The van der Waals surface area contributed by atoms with Crippen LogP contribution in [0.15, 0.2) is 0 Å². The molecule has 1 aliphatic rings. The Kier molecular flexibility index (Phi) is 5.88. The van der Waals surface area contributed by atoms with Gasteiger partial charge in [-0.3, -0.25) is 0 Å². The van der Waals surface area contributed by atoms with Gasteiger partial charge < -0.3 is 5.32 Å². The van der Waals surface area contributed by atoms with Crippen LogP contribution in [0.3, 0.4) is 0 Å². The summed E-state index contributed by atoms with van der Waals surface area (Å²) in [5.41, 5.74) is 0. The van der Waals surface area contributed by atoms with Crippen molar-refractivity contribution in [1.29, 1.82) is 0 Å². The molecule has 0 aromatic heterocycles. The minimum atomic E-state index is 0.833. The SMILES string of the molecule is CSCCNC1CCCCCC1. The van der Waals surface area contributed by atoms with Crippen LogP contribution >= 0.6 is 11.8 Å². The van der Waals surface area contributed by atoms with Gasteiger partial charge in [0.1, 0.15) is 0 Å². The van der Waals surface area contributed by atoms with E-state index in [9.17, 15) is 0 Å². The van der Waals surface area contributed by atoms with Gasteiger partial charge in [0.05, 0.1) is 0 Å². The molecule has 12 heavy (non-hydrogen) atoms. The molecule has 72 valence electrons. The van der Waals surface area contributed by atoms with Crippen molar-refractivity contribution < 1.29 is 0 Å². The summed E-state index contributed by atoms with van der Waals surface area (Å²) >= 11 is 1.93. The minimum absolute atomic E-state index is 0.833. The average Bonchev–Trinajstić information content (AvgIpc) is 2.33. The first-order valence-corrected chi connectivity index (χ1v) is 6.55. The number of hydrogen-bond donors (Lipinski definition) is 1. The lowest BCUT2D eigenvalue weighted by Gasteiger charge is -2.15. The Balaban J connectivity index is 2.04. The lowest BCUT2D eigenvalue weighted by Crippen LogP contribution is -2.30. The van der Waals surface area contributed by atoms with Crippen LogP contribution in [-0.4, -0.2) is 24.6 Å². The van der Waals surface area contributed by atoms with Gasteiger partial charge in [-0.1, -0.05) is 25.7 Å². The summed E-state index contributed by atoms with van der Waals surface area (Å²) in [6.45, 7) is 1.20. The van der Waals surface area contributed by atoms with E-state index in [4.69, 9.17) is 0 Å². The van der Waals surface area contributed by atoms with Crippen LogP contribution in [0, 0.1) is 0 Å². The van der Waals surface area contributed by atoms with Gasteiger partial charge in [-0.15, -0.1) is 0 Å². The number of thioether (sulfide) groups is 1. The summed E-state index contributed by atoms with van der Waals surface area (Å²) in [4.78, 5) is 0. The van der Waals surface area contributed by atoms with Gasteiger partial charge in [-0.25, -0.2) is 0 Å². The fourth-order valence-electron chi connectivity index (χ4n) is 1.85. The van der Waals surface area contributed by atoms with E-state index in [1.165, 1.54) is 50.8 Å². The molecular weight excluding hydrogens is 166 g/mol. The summed E-state index contributed by atoms with van der Waals surface area (Å²) in [5, 5.41) is 3.64. The summed E-state index contributed by atoms with van der Waals surface area (Å²) in [6.07, 6.45) is 10.8. The highest BCUT2D eigenvalue weighted by Crippen LogP contribution is 2.16. The number of hydrogen-bond acceptors (Lipinski definition) is 2. The molecule has 1 aliphatic carbocycles. The Hall–Kier alpha value is 0.310. The molecule has 0 radical (unpaired) electrons. The van der Waals surface area contributed by atoms with E-state index in [0.717, 1.165) is 6.04 Å². The molecule has 0 aromatic carbocycles. The van der Waals surface area contributed by atoms with Gasteiger partial charge in [0.15, 0.2) is 0 Å². The van der Waals surface area contributed by atoms with E-state index in [1.807, 2.05) is 11.8 Å². The second-order valence-electron chi connectivity index (χ2n) is 3.64. The summed E-state index contributed by atoms with van der Waals surface area (Å²) < 4.78 is 0. The summed E-state index contributed by atoms with van der Waals surface area (Å²) in [5.74, 6) is 1.26. The largest absolute Gasteiger partial charge is 0.313 e. The van der Waals surface area contributed by atoms with Crippen molar-refractivity contribution in [2.75, 3.05) is 18.6 Å². The smallest absolute Gasteiger partial charge is 0.00673 e. The zero-order valence-electron chi connectivity index (χ0n) is 8.14. The molecule has 1 fully saturated rings. The Morgan fingerprint density at radius 1 is 1.17 bits per heavy atom. The fourth-order valence-corrected chi connectivity index (χ4v) is 2.17. The second-order valence-corrected chi connectivity index (χ2v) is 4.62. The van der Waals surface area contributed by atoms with Gasteiger partial charge >= 0.3 is 0 Å². The predicted octanol–water partition coefficient (Wildman–Crippen LogP) is 2.66. The predicted molar refractivity (Wildman–Crippen MR) is 57.9 cm³/mol. The first kappa shape index (κ1) is 10.4. The van der Waals surface area contributed by atoms with Gasteiger partial charge in [-0.05, 0) is 19.1 Å². The molecule has 1 saturated carbocycles. The van der Waals surface area contributed by atoms with Crippen LogP contribution in [0.4, 0.5) is 0 Å². The van der Waals surface area contributed by atoms with Crippen LogP contribution in [0.1, 0.15) is 38.5 Å². The van der Waals surface area contributed by atoms with Crippen LogP contribution in [0.2, 0.25) is 0 Å². The monoisotopic (exact) mass is 187 g/mol. The van der Waals surface area contributed by atoms with Gasteiger partial charge in [0.2, 0.25) is 0 Å². The highest BCUT2D eigenvalue weighted by atomic mass is 32.2. The van der Waals surface area contributed by atoms with Crippen LogP contribution in [-0.2, 0) is 0 Å². The highest BCUT2D eigenvalue weighted by molar-refractivity contribution is 7.98. The molecule has 1 nitrogen and oxygen atoms in total. The molecule has 1 rings (SSSR count). The van der Waals surface area contributed by atoms with E-state index in [1.54, 1.807) is 0 Å². The quantitative estimate of drug-likeness (QED) is 0.536. The molecule has 2 heteroatoms. The molecule has 0 aromatic rings. The third kappa shape index (κ3) is 4.36. The standard InChI is InChI=1S/C10H21NS/c1-12-9-8-11-10-6-4-2-3-5-7-10/h10-11H,2-9H2,1H3. The summed E-state index contributed by atoms with van der Waals surface area (Å²) in [6, 6.07) is 0.833. The maximum atomic E-state index is 3.64. The molecule has 0 atom stereocenters. The van der Waals surface area contributed by atoms with E-state index in [-0.39, 0.29) is 0 Å². The lowest BCUT2D eigenvalue weighted by atomic mass is 10.1. The van der Waals surface area contributed by atoms with Gasteiger partial charge in [-0.2, -0.15) is 11.8 Å². The number of nitrogens with one attached hydrogen (secondary N) is 1. The van der Waals surface area contributed by atoms with Crippen LogP contribution in [0.25, 0.3) is 0 Å². The molecule has 0 spiro atoms. The summed E-state index contributed by atoms with van der Waals surface area (Å²) in [7, 11) is 0. The minimum Gasteiger partial charge on any atom is -0.313 e. The van der Waals surface area contributed by atoms with Gasteiger partial charge in [0.25, 0.3) is 0 Å². The van der Waals surface area contributed by atoms with Crippen molar-refractivity contribution in [3.05, 3.63) is 0 Å². The molecule has 0 heterocycles. The fraction of sp³-hybridized carbons (Fsp3) is 1.00. The van der Waals surface area contributed by atoms with Crippen molar-refractivity contribution in [2.45, 2.75) is 44.6 Å². The van der Waals surface area contributed by atoms with Crippen LogP contribution < -0.4 is 5.32 Å². The normalized spacial score (nSPS) is 20.8. The first-order valence-electron chi connectivity index (χ1n) is 5.16. The second kappa shape index (κ2) is 6.79. The lowest BCUT2D eigenvalue weighted by molar-refractivity contribution is 0.474. The first-order chi connectivity index (χ1) is 5.93. The topological polar surface area (TPSA) is 12.0 Å². The molecular formula is C10H21NS. The molecule has 0 aliphatic heterocycles. The third-order valence-electron chi connectivity index (χ3n) is 2.59. The van der Waals surface area contributed by atoms with Crippen molar-refractivity contribution in [3.63, 3.8) is 0 Å². The molecule has 0 unspecified atom stereocenters. The number of rotatable bonds is 4. The zero-order chi connectivity index (χ0) is 8.65. The van der Waals surface area contributed by atoms with Crippen LogP contribution in [0.5, 0.6) is 0 Å². The highest BCUT2D eigenvalue weighted by Gasteiger charge is 2.10. The third-order valence-corrected chi connectivity index (χ3v) is 3.21. The molecule has 0 amide bonds. The Labute approximate surface area is 80.7 Å². The molecule has 0 saturated heterocycles. The Morgan fingerprint density at radius 2 is 1.83 bits per heavy atom. The maximum absolute atomic E-state index is 3.64. The zero-order valence-corrected chi connectivity index (χ0v) is 8.96. The van der Waals surface area contributed by atoms with E-state index < -0.39 is 0 Å². The van der Waals surface area contributed by atoms with E-state index >= 15 is 0 Å². The Morgan fingerprint density at radius 3 is 2.42 bits per heavy atom. The Bertz CT molecular complexity index is 98.0. The average molecular weight is 187 g/mol. The molecule has 0 bridgehead atoms. The van der Waals surface area contributed by atoms with Crippen molar-refractivity contribution in [2.24, 2.45) is 0 Å². The van der Waals surface area contributed by atoms with Crippen molar-refractivity contribution >= 4 is 11.8 Å². The van der Waals surface area contributed by atoms with E-state index in [0.29, 0.717) is 0 Å². The van der Waals surface area contributed by atoms with E-state index in [2.05, 4.69) is 11.6 Å². The maximum Gasteiger partial charge on any atom is 0.00673 e.